The molecule has 0 amide bonds. The normalized spacial score (nSPS) is 12.0. The SMILES string of the molecule is Cc1cc(C)cc(-c2ccc3c(c2)c2cc(-c4cc(C)cc(C)c4)ccc2n3-c2ccccc2C(F)(F)F)c1. The van der Waals surface area contributed by atoms with E-state index in [4.69, 9.17) is 0 Å². The topological polar surface area (TPSA) is 4.93 Å². The van der Waals surface area contributed by atoms with Crippen molar-refractivity contribution in [1.82, 2.24) is 4.57 Å². The first-order chi connectivity index (χ1) is 18.6. The van der Waals surface area contributed by atoms with E-state index in [0.717, 1.165) is 50.1 Å². The van der Waals surface area contributed by atoms with Crippen molar-refractivity contribution in [3.63, 3.8) is 0 Å². The molecule has 0 aliphatic rings. The third-order valence-electron chi connectivity index (χ3n) is 7.33. The smallest absolute Gasteiger partial charge is 0.309 e. The van der Waals surface area contributed by atoms with Gasteiger partial charge in [0.25, 0.3) is 0 Å². The molecular weight excluding hydrogens is 491 g/mol. The zero-order valence-corrected chi connectivity index (χ0v) is 22.3. The van der Waals surface area contributed by atoms with E-state index < -0.39 is 11.7 Å². The van der Waals surface area contributed by atoms with Gasteiger partial charge in [0.15, 0.2) is 0 Å². The van der Waals surface area contributed by atoms with Crippen LogP contribution in [0.25, 0.3) is 49.7 Å². The molecule has 1 heterocycles. The third kappa shape index (κ3) is 4.50. The number of para-hydroxylation sites is 1. The van der Waals surface area contributed by atoms with Crippen LogP contribution in [0.15, 0.2) is 97.1 Å². The maximum atomic E-state index is 14.1. The van der Waals surface area contributed by atoms with Crippen LogP contribution in [0.4, 0.5) is 13.2 Å². The second-order valence-corrected chi connectivity index (χ2v) is 10.6. The molecule has 0 spiro atoms. The lowest BCUT2D eigenvalue weighted by Crippen LogP contribution is -2.10. The van der Waals surface area contributed by atoms with Gasteiger partial charge in [0.05, 0.1) is 22.3 Å². The molecule has 0 atom stereocenters. The van der Waals surface area contributed by atoms with Gasteiger partial charge in [-0.1, -0.05) is 82.9 Å². The lowest BCUT2D eigenvalue weighted by atomic mass is 9.97. The molecule has 1 aromatic heterocycles. The summed E-state index contributed by atoms with van der Waals surface area (Å²) >= 11 is 0. The van der Waals surface area contributed by atoms with Crippen LogP contribution in [0.1, 0.15) is 27.8 Å². The standard InChI is InChI=1S/C35H28F3N/c1-21-13-22(2)16-27(15-21)25-9-11-32-29(19-25)30-20-26(28-17-23(3)14-24(4)18-28)10-12-33(30)39(32)34-8-6-5-7-31(34)35(36,37)38/h5-20H,1-4H3. The largest absolute Gasteiger partial charge is 0.418 e. The summed E-state index contributed by atoms with van der Waals surface area (Å²) in [7, 11) is 0. The highest BCUT2D eigenvalue weighted by atomic mass is 19.4. The second kappa shape index (κ2) is 9.16. The van der Waals surface area contributed by atoms with Gasteiger partial charge in [0.1, 0.15) is 0 Å². The fraction of sp³-hybridized carbons (Fsp3) is 0.143. The Morgan fingerprint density at radius 1 is 0.487 bits per heavy atom. The molecule has 1 nitrogen and oxygen atoms in total. The van der Waals surface area contributed by atoms with E-state index in [2.05, 4.69) is 76.2 Å². The molecule has 0 bridgehead atoms. The minimum absolute atomic E-state index is 0.128. The van der Waals surface area contributed by atoms with Crippen molar-refractivity contribution >= 4 is 21.8 Å². The molecule has 5 aromatic carbocycles. The number of nitrogens with zero attached hydrogens (tertiary/aromatic N) is 1. The molecule has 0 radical (unpaired) electrons. The van der Waals surface area contributed by atoms with Crippen molar-refractivity contribution in [3.05, 3.63) is 125 Å². The van der Waals surface area contributed by atoms with Crippen LogP contribution in [0.3, 0.4) is 0 Å². The van der Waals surface area contributed by atoms with Gasteiger partial charge in [-0.2, -0.15) is 13.2 Å². The molecule has 0 aliphatic carbocycles. The first-order valence-electron chi connectivity index (χ1n) is 13.0. The molecule has 0 saturated carbocycles. The summed E-state index contributed by atoms with van der Waals surface area (Å²) in [4.78, 5) is 0. The van der Waals surface area contributed by atoms with Gasteiger partial charge in [-0.25, -0.2) is 0 Å². The van der Waals surface area contributed by atoms with Crippen LogP contribution in [0.5, 0.6) is 0 Å². The number of hydrogen-bond acceptors (Lipinski definition) is 0. The molecule has 6 aromatic rings. The Labute approximate surface area is 226 Å². The lowest BCUT2D eigenvalue weighted by Gasteiger charge is -2.16. The third-order valence-corrected chi connectivity index (χ3v) is 7.33. The summed E-state index contributed by atoms with van der Waals surface area (Å²) < 4.78 is 44.2. The Morgan fingerprint density at radius 3 is 1.36 bits per heavy atom. The average Bonchev–Trinajstić information content (AvgIpc) is 3.20. The summed E-state index contributed by atoms with van der Waals surface area (Å²) in [6.07, 6.45) is -4.47. The van der Waals surface area contributed by atoms with Crippen molar-refractivity contribution in [2.45, 2.75) is 33.9 Å². The highest BCUT2D eigenvalue weighted by molar-refractivity contribution is 6.11. The molecular formula is C35H28F3N. The second-order valence-electron chi connectivity index (χ2n) is 10.6. The molecule has 0 N–H and O–H groups in total. The van der Waals surface area contributed by atoms with E-state index in [0.29, 0.717) is 0 Å². The van der Waals surface area contributed by atoms with Crippen LogP contribution in [0.2, 0.25) is 0 Å². The molecule has 0 fully saturated rings. The van der Waals surface area contributed by atoms with Crippen molar-refractivity contribution in [1.29, 1.82) is 0 Å². The van der Waals surface area contributed by atoms with E-state index in [9.17, 15) is 13.2 Å². The minimum Gasteiger partial charge on any atom is -0.309 e. The first-order valence-corrected chi connectivity index (χ1v) is 13.0. The summed E-state index contributed by atoms with van der Waals surface area (Å²) in [5.74, 6) is 0. The van der Waals surface area contributed by atoms with Crippen LogP contribution < -0.4 is 0 Å². The quantitative estimate of drug-likeness (QED) is 0.219. The summed E-state index contributed by atoms with van der Waals surface area (Å²) in [5.41, 5.74) is 9.90. The number of rotatable bonds is 3. The van der Waals surface area contributed by atoms with Crippen LogP contribution >= 0.6 is 0 Å². The predicted octanol–water partition coefficient (Wildman–Crippen LogP) is 10.4. The molecule has 6 rings (SSSR count). The maximum Gasteiger partial charge on any atom is 0.418 e. The molecule has 0 unspecified atom stereocenters. The zero-order valence-electron chi connectivity index (χ0n) is 22.3. The van der Waals surface area contributed by atoms with Crippen LogP contribution in [-0.2, 0) is 6.18 Å². The van der Waals surface area contributed by atoms with Crippen molar-refractivity contribution < 1.29 is 13.2 Å². The van der Waals surface area contributed by atoms with Gasteiger partial charge in [-0.05, 0) is 86.3 Å². The first kappa shape index (κ1) is 25.0. The molecule has 4 heteroatoms. The van der Waals surface area contributed by atoms with Crippen molar-refractivity contribution in [2.24, 2.45) is 0 Å². The predicted molar refractivity (Wildman–Crippen MR) is 156 cm³/mol. The van der Waals surface area contributed by atoms with E-state index >= 15 is 0 Å². The number of benzene rings is 5. The zero-order chi connectivity index (χ0) is 27.5. The number of hydrogen-bond donors (Lipinski definition) is 0. The Morgan fingerprint density at radius 2 is 0.923 bits per heavy atom. The number of aryl methyl sites for hydroxylation is 4. The van der Waals surface area contributed by atoms with Crippen molar-refractivity contribution in [2.75, 3.05) is 0 Å². The number of fused-ring (bicyclic) bond motifs is 3. The molecule has 194 valence electrons. The number of aromatic nitrogens is 1. The monoisotopic (exact) mass is 519 g/mol. The average molecular weight is 520 g/mol. The Kier molecular flexibility index (Phi) is 5.87. The summed E-state index contributed by atoms with van der Waals surface area (Å²) in [6.45, 7) is 8.30. The minimum atomic E-state index is -4.47. The van der Waals surface area contributed by atoms with E-state index in [-0.39, 0.29) is 5.69 Å². The maximum absolute atomic E-state index is 14.1. The fourth-order valence-electron chi connectivity index (χ4n) is 5.83. The van der Waals surface area contributed by atoms with Crippen LogP contribution in [-0.4, -0.2) is 4.57 Å². The molecule has 39 heavy (non-hydrogen) atoms. The summed E-state index contributed by atoms with van der Waals surface area (Å²) in [6, 6.07) is 30.8. The van der Waals surface area contributed by atoms with Crippen molar-refractivity contribution in [3.8, 4) is 27.9 Å². The van der Waals surface area contributed by atoms with Gasteiger partial charge >= 0.3 is 6.18 Å². The number of alkyl halides is 3. The van der Waals surface area contributed by atoms with Crippen LogP contribution in [0, 0.1) is 27.7 Å². The van der Waals surface area contributed by atoms with E-state index in [1.165, 1.54) is 28.3 Å². The molecule has 0 aliphatic heterocycles. The Bertz CT molecular complexity index is 1740. The summed E-state index contributed by atoms with van der Waals surface area (Å²) in [5, 5.41) is 1.84. The van der Waals surface area contributed by atoms with Gasteiger partial charge in [0, 0.05) is 10.8 Å². The number of halogens is 3. The van der Waals surface area contributed by atoms with Gasteiger partial charge in [-0.3, -0.25) is 0 Å². The lowest BCUT2D eigenvalue weighted by molar-refractivity contribution is -0.137. The fourth-order valence-corrected chi connectivity index (χ4v) is 5.83. The Hall–Kier alpha value is -4.31. The van der Waals surface area contributed by atoms with Gasteiger partial charge in [0.2, 0.25) is 0 Å². The highest BCUT2D eigenvalue weighted by Crippen LogP contribution is 2.41. The van der Waals surface area contributed by atoms with Gasteiger partial charge in [-0.15, -0.1) is 0 Å². The molecule has 0 saturated heterocycles. The van der Waals surface area contributed by atoms with E-state index in [1.54, 1.807) is 16.7 Å². The highest BCUT2D eigenvalue weighted by Gasteiger charge is 2.34. The Balaban J connectivity index is 1.69. The van der Waals surface area contributed by atoms with Gasteiger partial charge < -0.3 is 4.57 Å². The van der Waals surface area contributed by atoms with E-state index in [1.807, 2.05) is 24.3 Å².